The van der Waals surface area contributed by atoms with Crippen LogP contribution in [-0.2, 0) is 29.7 Å². The molecule has 1 aliphatic heterocycles. The monoisotopic (exact) mass is 565 g/mol. The van der Waals surface area contributed by atoms with E-state index in [1.165, 1.54) is 6.07 Å². The lowest BCUT2D eigenvalue weighted by Crippen LogP contribution is -2.62. The molecule has 37 heavy (non-hydrogen) atoms. The van der Waals surface area contributed by atoms with E-state index in [1.54, 1.807) is 6.07 Å². The molecule has 0 bridgehead atoms. The number of sulfone groups is 1. The van der Waals surface area contributed by atoms with E-state index in [0.29, 0.717) is 6.92 Å². The molecule has 1 fully saturated rings. The fourth-order valence-electron chi connectivity index (χ4n) is 3.55. The van der Waals surface area contributed by atoms with E-state index >= 15 is 0 Å². The summed E-state index contributed by atoms with van der Waals surface area (Å²) in [7, 11) is -4.31. The first-order valence-corrected chi connectivity index (χ1v) is 12.1. The number of carboxylic acids is 1. The van der Waals surface area contributed by atoms with Crippen LogP contribution < -0.4 is 0 Å². The molecule has 15 heteroatoms. The molecule has 2 aromatic carbocycles. The highest BCUT2D eigenvalue weighted by atomic mass is 35.5. The Hall–Kier alpha value is -2.77. The molecule has 0 aliphatic carbocycles. The van der Waals surface area contributed by atoms with Crippen LogP contribution in [0.5, 0.6) is 0 Å². The Balaban J connectivity index is 1.98. The molecule has 0 aromatic heterocycles. The zero-order valence-corrected chi connectivity index (χ0v) is 20.2. The van der Waals surface area contributed by atoms with Crippen LogP contribution in [0.4, 0.5) is 13.2 Å². The zero-order valence-electron chi connectivity index (χ0n) is 18.6. The summed E-state index contributed by atoms with van der Waals surface area (Å²) in [5.41, 5.74) is -3.86. The summed E-state index contributed by atoms with van der Waals surface area (Å²) >= 11 is 5.97. The predicted octanol–water partition coefficient (Wildman–Crippen LogP) is 1.73. The summed E-state index contributed by atoms with van der Waals surface area (Å²) in [6.07, 6.45) is -16.4. The van der Waals surface area contributed by atoms with E-state index in [1.807, 2.05) is 0 Å². The molecule has 200 valence electrons. The number of carbonyl (C=O) groups is 1. The molecule has 2 aromatic rings. The average Bonchev–Trinajstić information content (AvgIpc) is 2.83. The van der Waals surface area contributed by atoms with Crippen LogP contribution in [0.15, 0.2) is 52.3 Å². The van der Waals surface area contributed by atoms with Crippen molar-refractivity contribution in [3.05, 3.63) is 58.6 Å². The van der Waals surface area contributed by atoms with Gasteiger partial charge in [0.15, 0.2) is 18.0 Å². The predicted molar refractivity (Wildman–Crippen MR) is 117 cm³/mol. The van der Waals surface area contributed by atoms with Gasteiger partial charge < -0.3 is 29.9 Å². The Morgan fingerprint density at radius 3 is 2.16 bits per heavy atom. The number of aliphatic hydroxyl groups is 3. The van der Waals surface area contributed by atoms with Crippen molar-refractivity contribution < 1.29 is 56.3 Å². The summed E-state index contributed by atoms with van der Waals surface area (Å²) < 4.78 is 78.2. The van der Waals surface area contributed by atoms with Crippen molar-refractivity contribution in [2.75, 3.05) is 0 Å². The number of alkyl halides is 3. The Kier molecular flexibility index (Phi) is 7.92. The molecule has 0 spiro atoms. The van der Waals surface area contributed by atoms with Gasteiger partial charge in [-0.05, 0) is 42.8 Å². The second kappa shape index (κ2) is 10.2. The maximum atomic E-state index is 14.2. The average molecular weight is 566 g/mol. The van der Waals surface area contributed by atoms with Gasteiger partial charge in [0.25, 0.3) is 0 Å². The summed E-state index contributed by atoms with van der Waals surface area (Å²) in [6, 6.07) is 8.45. The van der Waals surface area contributed by atoms with E-state index in [9.17, 15) is 41.7 Å². The second-order valence-corrected chi connectivity index (χ2v) is 10.5. The molecule has 0 amide bonds. The molecule has 1 heterocycles. The summed E-state index contributed by atoms with van der Waals surface area (Å²) in [6.45, 7) is 0.525. The van der Waals surface area contributed by atoms with Gasteiger partial charge in [0.2, 0.25) is 9.84 Å². The molecule has 1 saturated heterocycles. The summed E-state index contributed by atoms with van der Waals surface area (Å²) in [5.74, 6) is -1.82. The van der Waals surface area contributed by atoms with Gasteiger partial charge in [-0.25, -0.2) is 13.2 Å². The molecule has 1 unspecified atom stereocenters. The summed E-state index contributed by atoms with van der Waals surface area (Å²) in [4.78, 5) is 10.4. The van der Waals surface area contributed by atoms with Gasteiger partial charge in [0.05, 0.1) is 26.4 Å². The number of benzene rings is 2. The van der Waals surface area contributed by atoms with E-state index < -0.39 is 68.7 Å². The summed E-state index contributed by atoms with van der Waals surface area (Å²) in [5, 5.41) is 47.5. The normalized spacial score (nSPS) is 26.2. The lowest BCUT2D eigenvalue weighted by atomic mass is 9.93. The molecule has 10 nitrogen and oxygen atoms in total. The first-order chi connectivity index (χ1) is 17.0. The molecule has 0 radical (unpaired) electrons. The maximum absolute atomic E-state index is 14.2. The van der Waals surface area contributed by atoms with Gasteiger partial charge in [-0.2, -0.15) is 18.4 Å². The Labute approximate surface area is 213 Å². The third-order valence-corrected chi connectivity index (χ3v) is 8.02. The molecule has 0 saturated carbocycles. The van der Waals surface area contributed by atoms with Crippen LogP contribution in [0.3, 0.4) is 0 Å². The van der Waals surface area contributed by atoms with Crippen LogP contribution in [0.2, 0.25) is 5.02 Å². The van der Waals surface area contributed by atoms with Crippen molar-refractivity contribution in [1.29, 1.82) is 5.26 Å². The SMILES string of the molecule is C[C@](OC1O[C@H](C(=O)O)[C@@H](O)[C@H](O)[C@H]1O)(c1ccc(S(=O)(=O)c2ccc(C#N)cc2Cl)cc1)C(F)(F)F. The Morgan fingerprint density at radius 1 is 1.08 bits per heavy atom. The lowest BCUT2D eigenvalue weighted by Gasteiger charge is -2.43. The van der Waals surface area contributed by atoms with Crippen LogP contribution in [0.25, 0.3) is 0 Å². The van der Waals surface area contributed by atoms with Crippen molar-refractivity contribution in [3.8, 4) is 6.07 Å². The van der Waals surface area contributed by atoms with E-state index in [2.05, 4.69) is 0 Å². The van der Waals surface area contributed by atoms with Gasteiger partial charge in [-0.3, -0.25) is 0 Å². The van der Waals surface area contributed by atoms with Crippen LogP contribution in [-0.4, -0.2) is 71.7 Å². The number of nitrogens with zero attached hydrogens (tertiary/aromatic N) is 1. The van der Waals surface area contributed by atoms with Gasteiger partial charge in [-0.1, -0.05) is 23.7 Å². The zero-order chi connectivity index (χ0) is 27.9. The van der Waals surface area contributed by atoms with Gasteiger partial charge in [-0.15, -0.1) is 0 Å². The third-order valence-electron chi connectivity index (χ3n) is 5.77. The van der Waals surface area contributed by atoms with Crippen molar-refractivity contribution in [2.45, 2.75) is 59.2 Å². The van der Waals surface area contributed by atoms with Crippen molar-refractivity contribution >= 4 is 27.4 Å². The first kappa shape index (κ1) is 28.8. The highest BCUT2D eigenvalue weighted by molar-refractivity contribution is 7.91. The number of aliphatic hydroxyl groups excluding tert-OH is 3. The number of hydrogen-bond donors (Lipinski definition) is 4. The molecule has 1 aliphatic rings. The fourth-order valence-corrected chi connectivity index (χ4v) is 5.34. The van der Waals surface area contributed by atoms with Gasteiger partial charge in [0.1, 0.15) is 18.3 Å². The Bertz CT molecular complexity index is 1330. The number of nitriles is 1. The molecule has 3 rings (SSSR count). The molecule has 6 atom stereocenters. The number of rotatable bonds is 6. The number of carboxylic acid groups (broad SMARTS) is 1. The van der Waals surface area contributed by atoms with Crippen LogP contribution >= 0.6 is 11.6 Å². The number of ether oxygens (including phenoxy) is 2. The van der Waals surface area contributed by atoms with Crippen molar-refractivity contribution in [3.63, 3.8) is 0 Å². The quantitative estimate of drug-likeness (QED) is 0.404. The van der Waals surface area contributed by atoms with Crippen molar-refractivity contribution in [2.24, 2.45) is 0 Å². The lowest BCUT2D eigenvalue weighted by molar-refractivity contribution is -0.368. The molecule has 4 N–H and O–H groups in total. The highest BCUT2D eigenvalue weighted by Gasteiger charge is 2.58. The highest BCUT2D eigenvalue weighted by Crippen LogP contribution is 2.44. The van der Waals surface area contributed by atoms with Gasteiger partial charge >= 0.3 is 12.1 Å². The minimum absolute atomic E-state index is 0.0901. The largest absolute Gasteiger partial charge is 0.479 e. The smallest absolute Gasteiger partial charge is 0.421 e. The standard InChI is InChI=1S/C22H19ClF3NO9S/c1-21(22(24,25)26,36-20-17(30)15(28)16(29)18(35-20)19(31)32)11-3-5-12(6-4-11)37(33,34)14-7-2-10(9-27)8-13(14)23/h2-8,15-18,20,28-30H,1H3,(H,31,32)/t15-,16-,17+,18-,20?,21-/m0/s1. The van der Waals surface area contributed by atoms with E-state index in [4.69, 9.17) is 31.4 Å². The third kappa shape index (κ3) is 5.30. The number of halogens is 4. The van der Waals surface area contributed by atoms with E-state index in [0.717, 1.165) is 36.4 Å². The van der Waals surface area contributed by atoms with E-state index in [-0.39, 0.29) is 15.5 Å². The topological polar surface area (TPSA) is 174 Å². The fraction of sp³-hybridized carbons (Fsp3) is 0.364. The number of aliphatic carboxylic acids is 1. The minimum atomic E-state index is -5.22. The first-order valence-electron chi connectivity index (χ1n) is 10.3. The maximum Gasteiger partial charge on any atom is 0.421 e. The molecular weight excluding hydrogens is 547 g/mol. The number of hydrogen-bond acceptors (Lipinski definition) is 9. The van der Waals surface area contributed by atoms with Gasteiger partial charge in [0, 0.05) is 0 Å². The molecular formula is C22H19ClF3NO9S. The van der Waals surface area contributed by atoms with Crippen LogP contribution in [0, 0.1) is 11.3 Å². The van der Waals surface area contributed by atoms with Crippen molar-refractivity contribution in [1.82, 2.24) is 0 Å². The Morgan fingerprint density at radius 2 is 1.68 bits per heavy atom. The van der Waals surface area contributed by atoms with Crippen LogP contribution in [0.1, 0.15) is 18.1 Å². The second-order valence-electron chi connectivity index (χ2n) is 8.17. The minimum Gasteiger partial charge on any atom is -0.479 e.